The van der Waals surface area contributed by atoms with Gasteiger partial charge in [0.2, 0.25) is 11.2 Å². The van der Waals surface area contributed by atoms with Crippen LogP contribution in [0.4, 0.5) is 0 Å². The summed E-state index contributed by atoms with van der Waals surface area (Å²) in [5, 5.41) is 0. The summed E-state index contributed by atoms with van der Waals surface area (Å²) in [4.78, 5) is 28.2. The van der Waals surface area contributed by atoms with Gasteiger partial charge in [0.05, 0.1) is 7.11 Å². The lowest BCUT2D eigenvalue weighted by molar-refractivity contribution is 0.0587. The highest BCUT2D eigenvalue weighted by molar-refractivity contribution is 5.91. The number of hydrogen-bond donors (Lipinski definition) is 0. The van der Waals surface area contributed by atoms with Crippen molar-refractivity contribution in [3.05, 3.63) is 58.6 Å². The van der Waals surface area contributed by atoms with Gasteiger partial charge >= 0.3 is 0 Å². The van der Waals surface area contributed by atoms with E-state index in [2.05, 4.69) is 4.90 Å². The molecule has 1 saturated heterocycles. The summed E-state index contributed by atoms with van der Waals surface area (Å²) in [6.45, 7) is 4.08. The van der Waals surface area contributed by atoms with Crippen molar-refractivity contribution >= 4 is 5.91 Å². The van der Waals surface area contributed by atoms with Crippen LogP contribution in [-0.2, 0) is 0 Å². The van der Waals surface area contributed by atoms with E-state index in [0.29, 0.717) is 19.7 Å². The molecule has 0 N–H and O–H groups in total. The second-order valence-electron chi connectivity index (χ2n) is 5.97. The first kappa shape index (κ1) is 18.0. The fourth-order valence-electron chi connectivity index (χ4n) is 2.80. The van der Waals surface area contributed by atoms with Crippen LogP contribution >= 0.6 is 0 Å². The van der Waals surface area contributed by atoms with Gasteiger partial charge in [0.25, 0.3) is 5.91 Å². The molecule has 0 spiro atoms. The summed E-state index contributed by atoms with van der Waals surface area (Å²) in [6.07, 6.45) is 1.17. The van der Waals surface area contributed by atoms with Crippen molar-refractivity contribution in [3.8, 4) is 11.5 Å². The van der Waals surface area contributed by atoms with E-state index in [1.807, 2.05) is 30.3 Å². The molecule has 1 aromatic heterocycles. The highest BCUT2D eigenvalue weighted by Crippen LogP contribution is 2.11. The van der Waals surface area contributed by atoms with Gasteiger partial charge in [0, 0.05) is 38.8 Å². The van der Waals surface area contributed by atoms with Crippen LogP contribution in [0.5, 0.6) is 11.5 Å². The van der Waals surface area contributed by atoms with E-state index in [9.17, 15) is 9.59 Å². The molecule has 1 aliphatic heterocycles. The van der Waals surface area contributed by atoms with Crippen molar-refractivity contribution in [1.82, 2.24) is 9.80 Å². The first-order chi connectivity index (χ1) is 12.7. The second kappa shape index (κ2) is 8.53. The number of carbonyl (C=O) groups is 1. The van der Waals surface area contributed by atoms with E-state index in [-0.39, 0.29) is 22.8 Å². The van der Waals surface area contributed by atoms with E-state index in [1.54, 1.807) is 4.90 Å². The monoisotopic (exact) mass is 358 g/mol. The number of piperazine rings is 1. The van der Waals surface area contributed by atoms with E-state index in [4.69, 9.17) is 13.9 Å². The molecule has 2 aromatic rings. The van der Waals surface area contributed by atoms with E-state index in [1.165, 1.54) is 19.4 Å². The standard InChI is InChI=1S/C19H22N2O5/c1-24-18-14-26-17(13-16(18)22)19(23)21-9-7-20(8-10-21)11-12-25-15-5-3-2-4-6-15/h2-6,13-14H,7-12H2,1H3. The summed E-state index contributed by atoms with van der Waals surface area (Å²) < 4.78 is 15.8. The van der Waals surface area contributed by atoms with Gasteiger partial charge in [-0.3, -0.25) is 14.5 Å². The van der Waals surface area contributed by atoms with Crippen LogP contribution in [0.2, 0.25) is 0 Å². The van der Waals surface area contributed by atoms with Gasteiger partial charge in [-0.25, -0.2) is 0 Å². The van der Waals surface area contributed by atoms with Crippen LogP contribution in [0.1, 0.15) is 10.6 Å². The molecule has 1 aliphatic rings. The smallest absolute Gasteiger partial charge is 0.289 e. The molecule has 0 atom stereocenters. The van der Waals surface area contributed by atoms with Crippen molar-refractivity contribution < 1.29 is 18.7 Å². The third kappa shape index (κ3) is 4.43. The molecule has 2 heterocycles. The molecule has 26 heavy (non-hydrogen) atoms. The van der Waals surface area contributed by atoms with Crippen LogP contribution < -0.4 is 14.9 Å². The Labute approximate surface area is 151 Å². The fraction of sp³-hybridized carbons (Fsp3) is 0.368. The maximum absolute atomic E-state index is 12.5. The Balaban J connectivity index is 1.46. The minimum Gasteiger partial charge on any atom is -0.492 e. The predicted molar refractivity (Wildman–Crippen MR) is 95.8 cm³/mol. The molecule has 1 aromatic carbocycles. The Hall–Kier alpha value is -2.80. The molecule has 7 heteroatoms. The quantitative estimate of drug-likeness (QED) is 0.779. The minimum atomic E-state index is -0.362. The average Bonchev–Trinajstić information content (AvgIpc) is 2.69. The van der Waals surface area contributed by atoms with Gasteiger partial charge in [0.1, 0.15) is 18.6 Å². The largest absolute Gasteiger partial charge is 0.492 e. The van der Waals surface area contributed by atoms with Crippen LogP contribution in [0.25, 0.3) is 0 Å². The summed E-state index contributed by atoms with van der Waals surface area (Å²) in [5.41, 5.74) is -0.362. The summed E-state index contributed by atoms with van der Waals surface area (Å²) in [7, 11) is 1.38. The first-order valence-corrected chi connectivity index (χ1v) is 8.53. The lowest BCUT2D eigenvalue weighted by Gasteiger charge is -2.34. The molecule has 0 saturated carbocycles. The van der Waals surface area contributed by atoms with Crippen LogP contribution in [0.3, 0.4) is 0 Å². The highest BCUT2D eigenvalue weighted by Gasteiger charge is 2.24. The van der Waals surface area contributed by atoms with E-state index >= 15 is 0 Å². The Morgan fingerprint density at radius 2 is 1.88 bits per heavy atom. The van der Waals surface area contributed by atoms with E-state index in [0.717, 1.165) is 25.4 Å². The third-order valence-electron chi connectivity index (χ3n) is 4.31. The Kier molecular flexibility index (Phi) is 5.91. The summed E-state index contributed by atoms with van der Waals surface area (Å²) in [5.74, 6) is 0.710. The molecule has 1 fully saturated rings. The zero-order valence-electron chi connectivity index (χ0n) is 14.7. The lowest BCUT2D eigenvalue weighted by Crippen LogP contribution is -2.49. The maximum Gasteiger partial charge on any atom is 0.289 e. The zero-order chi connectivity index (χ0) is 18.4. The van der Waals surface area contributed by atoms with Crippen molar-refractivity contribution in [1.29, 1.82) is 0 Å². The minimum absolute atomic E-state index is 0.0386. The Bertz CT molecular complexity index is 782. The molecule has 0 radical (unpaired) electrons. The van der Waals surface area contributed by atoms with Crippen molar-refractivity contribution in [2.75, 3.05) is 46.4 Å². The lowest BCUT2D eigenvalue weighted by atomic mass is 10.2. The molecule has 7 nitrogen and oxygen atoms in total. The fourth-order valence-corrected chi connectivity index (χ4v) is 2.80. The SMILES string of the molecule is COc1coc(C(=O)N2CCN(CCOc3ccccc3)CC2)cc1=O. The van der Waals surface area contributed by atoms with Crippen molar-refractivity contribution in [2.24, 2.45) is 0 Å². The first-order valence-electron chi connectivity index (χ1n) is 8.53. The maximum atomic E-state index is 12.5. The normalized spacial score (nSPS) is 14.9. The molecule has 0 aliphatic carbocycles. The molecule has 3 rings (SSSR count). The van der Waals surface area contributed by atoms with Gasteiger partial charge < -0.3 is 18.8 Å². The molecule has 1 amide bonds. The number of para-hydroxylation sites is 1. The Morgan fingerprint density at radius 1 is 1.15 bits per heavy atom. The summed E-state index contributed by atoms with van der Waals surface area (Å²) >= 11 is 0. The number of nitrogens with zero attached hydrogens (tertiary/aromatic N) is 2. The topological polar surface area (TPSA) is 72.2 Å². The number of amides is 1. The molecule has 138 valence electrons. The van der Waals surface area contributed by atoms with Gasteiger partial charge in [0.15, 0.2) is 5.76 Å². The molecule has 0 unspecified atom stereocenters. The van der Waals surface area contributed by atoms with Crippen molar-refractivity contribution in [2.45, 2.75) is 0 Å². The predicted octanol–water partition coefficient (Wildman–Crippen LogP) is 1.49. The number of rotatable bonds is 6. The van der Waals surface area contributed by atoms with Gasteiger partial charge in [-0.1, -0.05) is 18.2 Å². The molecule has 0 bridgehead atoms. The number of ether oxygens (including phenoxy) is 2. The van der Waals surface area contributed by atoms with Gasteiger partial charge in [-0.15, -0.1) is 0 Å². The highest BCUT2D eigenvalue weighted by atomic mass is 16.5. The van der Waals surface area contributed by atoms with Crippen LogP contribution in [-0.4, -0.2) is 62.1 Å². The average molecular weight is 358 g/mol. The van der Waals surface area contributed by atoms with E-state index < -0.39 is 0 Å². The zero-order valence-corrected chi connectivity index (χ0v) is 14.7. The number of carbonyl (C=O) groups excluding carboxylic acids is 1. The van der Waals surface area contributed by atoms with Gasteiger partial charge in [-0.05, 0) is 12.1 Å². The van der Waals surface area contributed by atoms with Gasteiger partial charge in [-0.2, -0.15) is 0 Å². The molecular formula is C19H22N2O5. The number of hydrogen-bond acceptors (Lipinski definition) is 6. The number of methoxy groups -OCH3 is 1. The Morgan fingerprint density at radius 3 is 2.54 bits per heavy atom. The van der Waals surface area contributed by atoms with Crippen LogP contribution in [0.15, 0.2) is 51.9 Å². The third-order valence-corrected chi connectivity index (χ3v) is 4.31. The summed E-state index contributed by atoms with van der Waals surface area (Å²) in [6, 6.07) is 10.9. The van der Waals surface area contributed by atoms with Crippen molar-refractivity contribution in [3.63, 3.8) is 0 Å². The van der Waals surface area contributed by atoms with Crippen LogP contribution in [0, 0.1) is 0 Å². The second-order valence-corrected chi connectivity index (χ2v) is 5.97. The molecular weight excluding hydrogens is 336 g/mol. The number of benzene rings is 1.